The molecule has 2 atom stereocenters. The first kappa shape index (κ1) is 35.0. The lowest BCUT2D eigenvalue weighted by Crippen LogP contribution is -2.55. The second-order valence-electron chi connectivity index (χ2n) is 14.9. The van der Waals surface area contributed by atoms with E-state index in [0.717, 1.165) is 78.7 Å². The van der Waals surface area contributed by atoms with E-state index in [1.807, 2.05) is 60.0 Å². The van der Waals surface area contributed by atoms with Gasteiger partial charge < -0.3 is 34.6 Å². The molecule has 4 aliphatic heterocycles. The van der Waals surface area contributed by atoms with Crippen molar-refractivity contribution in [3.63, 3.8) is 0 Å². The predicted octanol–water partition coefficient (Wildman–Crippen LogP) is 4.24. The average molecular weight is 698 g/mol. The van der Waals surface area contributed by atoms with Gasteiger partial charge in [-0.3, -0.25) is 14.5 Å². The first-order valence-electron chi connectivity index (χ1n) is 18.6. The third-order valence-electron chi connectivity index (χ3n) is 11.6. The molecule has 12 nitrogen and oxygen atoms in total. The van der Waals surface area contributed by atoms with Gasteiger partial charge in [-0.25, -0.2) is 9.59 Å². The smallest absolute Gasteiger partial charge is 0.410 e. The molecule has 3 aromatic rings. The van der Waals surface area contributed by atoms with Crippen LogP contribution in [0.5, 0.6) is 0 Å². The summed E-state index contributed by atoms with van der Waals surface area (Å²) in [4.78, 5) is 66.7. The first-order chi connectivity index (χ1) is 24.6. The van der Waals surface area contributed by atoms with Gasteiger partial charge in [-0.1, -0.05) is 31.2 Å². The molecule has 2 N–H and O–H groups in total. The van der Waals surface area contributed by atoms with E-state index in [1.54, 1.807) is 11.0 Å². The standard InChI is InChI=1S/C39H51N7O5/c1-26-24-30(25-29-8-9-34(47)41-35(26)29)27(2)36(37(48)44-15-11-31(12-16-44)43-22-20-42(3)21-23-43)51-39(50)45-17-13-32(14-18-45)46-19-10-28-6-4-5-7-33(28)40-38(46)49/h4-9,24-25,27,31-32,36H,10-23H2,1-3H3,(H,40,49)(H,41,47)/t27-,36?/m1/s1. The van der Waals surface area contributed by atoms with Gasteiger partial charge in [0.25, 0.3) is 5.91 Å². The first-order valence-corrected chi connectivity index (χ1v) is 18.6. The Morgan fingerprint density at radius 3 is 2.25 bits per heavy atom. The van der Waals surface area contributed by atoms with E-state index in [-0.39, 0.29) is 23.5 Å². The van der Waals surface area contributed by atoms with Crippen molar-refractivity contribution in [2.24, 2.45) is 0 Å². The summed E-state index contributed by atoms with van der Waals surface area (Å²) in [5, 5.41) is 3.93. The van der Waals surface area contributed by atoms with E-state index in [1.165, 1.54) is 6.07 Å². The van der Waals surface area contributed by atoms with E-state index in [9.17, 15) is 19.2 Å². The van der Waals surface area contributed by atoms with Crippen LogP contribution in [0.1, 0.15) is 55.2 Å². The monoisotopic (exact) mass is 697 g/mol. The van der Waals surface area contributed by atoms with Gasteiger partial charge in [0.15, 0.2) is 6.10 Å². The summed E-state index contributed by atoms with van der Waals surface area (Å²) in [6, 6.07) is 15.5. The lowest BCUT2D eigenvalue weighted by molar-refractivity contribution is -0.143. The second kappa shape index (κ2) is 15.1. The molecule has 51 heavy (non-hydrogen) atoms. The molecule has 4 amide bonds. The van der Waals surface area contributed by atoms with Crippen molar-refractivity contribution in [3.05, 3.63) is 75.6 Å². The van der Waals surface area contributed by atoms with Crippen molar-refractivity contribution in [3.8, 4) is 0 Å². The summed E-state index contributed by atoms with van der Waals surface area (Å²) in [5.74, 6) is -0.589. The van der Waals surface area contributed by atoms with Crippen LogP contribution in [0.2, 0.25) is 0 Å². The number of carbonyl (C=O) groups excluding carboxylic acids is 3. The van der Waals surface area contributed by atoms with Crippen molar-refractivity contribution >= 4 is 34.6 Å². The minimum atomic E-state index is -1.01. The third kappa shape index (κ3) is 7.62. The maximum atomic E-state index is 14.4. The van der Waals surface area contributed by atoms with Gasteiger partial charge in [-0.05, 0) is 86.4 Å². The highest BCUT2D eigenvalue weighted by atomic mass is 16.6. The summed E-state index contributed by atoms with van der Waals surface area (Å²) in [7, 11) is 2.16. The number of amides is 4. The summed E-state index contributed by atoms with van der Waals surface area (Å²) < 4.78 is 6.24. The fraction of sp³-hybridized carbons (Fsp3) is 0.538. The highest BCUT2D eigenvalue weighted by Crippen LogP contribution is 2.31. The lowest BCUT2D eigenvalue weighted by atomic mass is 9.91. The molecule has 4 aliphatic rings. The number of anilines is 1. The Balaban J connectivity index is 1.04. The number of hydrogen-bond donors (Lipinski definition) is 2. The fourth-order valence-corrected chi connectivity index (χ4v) is 8.38. The topological polar surface area (TPSA) is 122 Å². The van der Waals surface area contributed by atoms with Crippen molar-refractivity contribution in [2.75, 3.05) is 71.3 Å². The minimum Gasteiger partial charge on any atom is -0.435 e. The highest BCUT2D eigenvalue weighted by molar-refractivity contribution is 5.91. The Morgan fingerprint density at radius 1 is 0.824 bits per heavy atom. The number of aromatic amines is 1. The number of aryl methyl sites for hydroxylation is 1. The quantitative estimate of drug-likeness (QED) is 0.396. The van der Waals surface area contributed by atoms with E-state index in [4.69, 9.17) is 4.74 Å². The number of ether oxygens (including phenoxy) is 1. The third-order valence-corrected chi connectivity index (χ3v) is 11.6. The number of urea groups is 1. The molecule has 2 aromatic carbocycles. The molecule has 12 heteroatoms. The summed E-state index contributed by atoms with van der Waals surface area (Å²) in [5.41, 5.74) is 4.33. The van der Waals surface area contributed by atoms with Gasteiger partial charge in [-0.15, -0.1) is 0 Å². The Hall–Kier alpha value is -4.42. The SMILES string of the molecule is Cc1cc([C@@H](C)C(OC(=O)N2CCC(N3CCc4ccccc4NC3=O)CC2)C(=O)N2CCC(N3CCN(C)CC3)CC2)cc2ccc(=O)[nH]c12. The molecule has 272 valence electrons. The Morgan fingerprint density at radius 2 is 1.51 bits per heavy atom. The van der Waals surface area contributed by atoms with Crippen LogP contribution < -0.4 is 10.9 Å². The normalized spacial score (nSPS) is 21.2. The zero-order chi connectivity index (χ0) is 35.6. The highest BCUT2D eigenvalue weighted by Gasteiger charge is 2.39. The number of likely N-dealkylation sites (N-methyl/N-ethyl adjacent to an activating group) is 1. The largest absolute Gasteiger partial charge is 0.435 e. The van der Waals surface area contributed by atoms with E-state index >= 15 is 0 Å². The van der Waals surface area contributed by atoms with Crippen molar-refractivity contribution < 1.29 is 19.1 Å². The summed E-state index contributed by atoms with van der Waals surface area (Å²) >= 11 is 0. The molecule has 3 fully saturated rings. The van der Waals surface area contributed by atoms with Gasteiger partial charge in [0.05, 0.1) is 5.52 Å². The van der Waals surface area contributed by atoms with Crippen LogP contribution in [-0.4, -0.2) is 132 Å². The van der Waals surface area contributed by atoms with Gasteiger partial charge in [0.1, 0.15) is 0 Å². The number of benzene rings is 2. The number of nitrogens with one attached hydrogen (secondary N) is 2. The number of nitrogens with zero attached hydrogens (tertiary/aromatic N) is 5. The number of hydrogen-bond acceptors (Lipinski definition) is 7. The molecule has 3 saturated heterocycles. The molecule has 1 unspecified atom stereocenters. The molecule has 7 rings (SSSR count). The van der Waals surface area contributed by atoms with Gasteiger partial charge in [0.2, 0.25) is 5.56 Å². The lowest BCUT2D eigenvalue weighted by Gasteiger charge is -2.43. The second-order valence-corrected chi connectivity index (χ2v) is 14.9. The van der Waals surface area contributed by atoms with Crippen LogP contribution in [0, 0.1) is 6.92 Å². The summed E-state index contributed by atoms with van der Waals surface area (Å²) in [6.45, 7) is 10.9. The molecule has 0 radical (unpaired) electrons. The maximum absolute atomic E-state index is 14.4. The average Bonchev–Trinajstić information content (AvgIpc) is 3.32. The minimum absolute atomic E-state index is 0.00771. The Bertz CT molecular complexity index is 1800. The number of fused-ring (bicyclic) bond motifs is 2. The summed E-state index contributed by atoms with van der Waals surface area (Å²) in [6.07, 6.45) is 2.33. The van der Waals surface area contributed by atoms with Crippen molar-refractivity contribution in [2.45, 2.75) is 70.1 Å². The van der Waals surface area contributed by atoms with Crippen LogP contribution in [0.15, 0.2) is 53.3 Å². The van der Waals surface area contributed by atoms with Crippen molar-refractivity contribution in [1.82, 2.24) is 29.5 Å². The number of piperidine rings is 2. The number of para-hydroxylation sites is 1. The van der Waals surface area contributed by atoms with Crippen LogP contribution >= 0.6 is 0 Å². The number of aromatic nitrogens is 1. The van der Waals surface area contributed by atoms with E-state index < -0.39 is 18.1 Å². The molecule has 0 aliphatic carbocycles. The number of H-pyrrole nitrogens is 1. The maximum Gasteiger partial charge on any atom is 0.410 e. The Labute approximate surface area is 299 Å². The van der Waals surface area contributed by atoms with E-state index in [0.29, 0.717) is 51.6 Å². The van der Waals surface area contributed by atoms with Crippen LogP contribution in [0.4, 0.5) is 15.3 Å². The molecular weight excluding hydrogens is 646 g/mol. The molecule has 0 spiro atoms. The van der Waals surface area contributed by atoms with Crippen molar-refractivity contribution in [1.29, 1.82) is 0 Å². The van der Waals surface area contributed by atoms with Crippen LogP contribution in [-0.2, 0) is 16.0 Å². The molecule has 0 saturated carbocycles. The zero-order valence-electron chi connectivity index (χ0n) is 30.1. The molecule has 0 bridgehead atoms. The van der Waals surface area contributed by atoms with Crippen LogP contribution in [0.25, 0.3) is 10.9 Å². The number of piperazine rings is 1. The number of rotatable bonds is 6. The molecular formula is C39H51N7O5. The van der Waals surface area contributed by atoms with Gasteiger partial charge in [0, 0.05) is 88.7 Å². The van der Waals surface area contributed by atoms with Crippen LogP contribution in [0.3, 0.4) is 0 Å². The predicted molar refractivity (Wildman–Crippen MR) is 197 cm³/mol. The molecule has 5 heterocycles. The molecule has 1 aromatic heterocycles. The van der Waals surface area contributed by atoms with E-state index in [2.05, 4.69) is 27.1 Å². The fourth-order valence-electron chi connectivity index (χ4n) is 8.38. The van der Waals surface area contributed by atoms with Gasteiger partial charge >= 0.3 is 12.1 Å². The van der Waals surface area contributed by atoms with Gasteiger partial charge in [-0.2, -0.15) is 0 Å². The Kier molecular flexibility index (Phi) is 10.3. The number of likely N-dealkylation sites (tertiary alicyclic amines) is 2. The number of pyridine rings is 1. The number of carbonyl (C=O) groups is 3. The zero-order valence-corrected chi connectivity index (χ0v) is 30.1.